The first-order chi connectivity index (χ1) is 9.72. The minimum absolute atomic E-state index is 0.846. The summed E-state index contributed by atoms with van der Waals surface area (Å²) in [6.45, 7) is 4.79. The number of aromatic nitrogens is 1. The van der Waals surface area contributed by atoms with E-state index in [9.17, 15) is 0 Å². The molecule has 0 amide bonds. The van der Waals surface area contributed by atoms with Gasteiger partial charge in [-0.3, -0.25) is 0 Å². The van der Waals surface area contributed by atoms with Gasteiger partial charge < -0.3 is 9.88 Å². The average Bonchev–Trinajstić information content (AvgIpc) is 2.99. The van der Waals surface area contributed by atoms with Crippen molar-refractivity contribution in [2.75, 3.05) is 20.1 Å². The Labute approximate surface area is 121 Å². The maximum atomic E-state index is 3.44. The minimum Gasteiger partial charge on any atom is -0.361 e. The fourth-order valence-electron chi connectivity index (χ4n) is 3.96. The zero-order chi connectivity index (χ0) is 13.7. The number of rotatable bonds is 3. The predicted octanol–water partition coefficient (Wildman–Crippen LogP) is 3.85. The smallest absolute Gasteiger partial charge is 0.0486 e. The maximum Gasteiger partial charge on any atom is 0.0486 e. The lowest BCUT2D eigenvalue weighted by molar-refractivity contribution is 0.394. The van der Waals surface area contributed by atoms with E-state index in [0.29, 0.717) is 0 Å². The van der Waals surface area contributed by atoms with Gasteiger partial charge in [-0.05, 0) is 80.8 Å². The number of aromatic amines is 1. The van der Waals surface area contributed by atoms with Gasteiger partial charge in [-0.1, -0.05) is 6.07 Å². The van der Waals surface area contributed by atoms with Crippen LogP contribution in [0, 0.1) is 12.8 Å². The van der Waals surface area contributed by atoms with Crippen molar-refractivity contribution < 1.29 is 0 Å². The number of fused-ring (bicyclic) bond motifs is 1. The predicted molar refractivity (Wildman–Crippen MR) is 84.3 cm³/mol. The molecule has 20 heavy (non-hydrogen) atoms. The number of benzene rings is 1. The number of nitrogens with zero attached hydrogens (tertiary/aromatic N) is 1. The van der Waals surface area contributed by atoms with E-state index in [2.05, 4.69) is 42.2 Å². The van der Waals surface area contributed by atoms with Gasteiger partial charge in [0.2, 0.25) is 0 Å². The summed E-state index contributed by atoms with van der Waals surface area (Å²) in [5.41, 5.74) is 6.08. The van der Waals surface area contributed by atoms with E-state index in [4.69, 9.17) is 0 Å². The van der Waals surface area contributed by atoms with E-state index in [1.165, 1.54) is 55.2 Å². The molecule has 2 fully saturated rings. The monoisotopic (exact) mass is 268 g/mol. The second-order valence-electron chi connectivity index (χ2n) is 6.92. The van der Waals surface area contributed by atoms with Crippen LogP contribution in [0.25, 0.3) is 10.9 Å². The molecule has 1 atom stereocenters. The van der Waals surface area contributed by atoms with Gasteiger partial charge in [0.15, 0.2) is 0 Å². The molecule has 2 heterocycles. The quantitative estimate of drug-likeness (QED) is 0.896. The van der Waals surface area contributed by atoms with Gasteiger partial charge in [-0.25, -0.2) is 0 Å². The van der Waals surface area contributed by atoms with Crippen molar-refractivity contribution in [3.63, 3.8) is 0 Å². The van der Waals surface area contributed by atoms with Crippen LogP contribution in [-0.2, 0) is 6.42 Å². The third kappa shape index (κ3) is 2.07. The first-order valence-electron chi connectivity index (χ1n) is 8.00. The normalized spacial score (nSPS) is 23.8. The highest BCUT2D eigenvalue weighted by Gasteiger charge is 2.29. The van der Waals surface area contributed by atoms with E-state index < -0.39 is 0 Å². The number of aryl methyl sites for hydroxylation is 1. The molecular formula is C18H24N2. The van der Waals surface area contributed by atoms with Crippen molar-refractivity contribution in [2.24, 2.45) is 5.92 Å². The molecule has 4 rings (SSSR count). The Bertz CT molecular complexity index is 636. The number of hydrogen-bond donors (Lipinski definition) is 1. The van der Waals surface area contributed by atoms with Gasteiger partial charge in [0.1, 0.15) is 0 Å². The van der Waals surface area contributed by atoms with Gasteiger partial charge in [-0.15, -0.1) is 0 Å². The zero-order valence-electron chi connectivity index (χ0n) is 12.6. The van der Waals surface area contributed by atoms with E-state index >= 15 is 0 Å². The Kier molecular flexibility index (Phi) is 2.88. The molecule has 0 spiro atoms. The van der Waals surface area contributed by atoms with E-state index in [-0.39, 0.29) is 0 Å². The summed E-state index contributed by atoms with van der Waals surface area (Å²) < 4.78 is 0. The van der Waals surface area contributed by atoms with E-state index in [1.807, 2.05) is 0 Å². The molecule has 2 nitrogen and oxygen atoms in total. The summed E-state index contributed by atoms with van der Waals surface area (Å²) in [6.07, 6.45) is 7.53. The number of likely N-dealkylation sites (tertiary alicyclic amines) is 1. The van der Waals surface area contributed by atoms with Crippen LogP contribution in [0.1, 0.15) is 41.9 Å². The fraction of sp³-hybridized carbons (Fsp3) is 0.556. The standard InChI is InChI=1S/C18H24N2/c1-12-9-16(14-3-4-14)17(15-5-7-19-18(12)15)10-13-6-8-20(2)11-13/h5,7,9,13-14,19H,3-4,6,8,10-11H2,1-2H3/t13-/m1/s1. The molecular weight excluding hydrogens is 244 g/mol. The Morgan fingerprint density at radius 2 is 2.15 bits per heavy atom. The van der Waals surface area contributed by atoms with Crippen molar-refractivity contribution in [1.82, 2.24) is 9.88 Å². The highest BCUT2D eigenvalue weighted by molar-refractivity contribution is 5.87. The molecule has 2 heteroatoms. The molecule has 1 aromatic heterocycles. The van der Waals surface area contributed by atoms with Crippen molar-refractivity contribution in [3.8, 4) is 0 Å². The number of hydrogen-bond acceptors (Lipinski definition) is 1. The van der Waals surface area contributed by atoms with Gasteiger partial charge in [0.25, 0.3) is 0 Å². The number of nitrogens with one attached hydrogen (secondary N) is 1. The molecule has 1 saturated heterocycles. The average molecular weight is 268 g/mol. The molecule has 1 aromatic carbocycles. The van der Waals surface area contributed by atoms with Crippen LogP contribution in [0.3, 0.4) is 0 Å². The summed E-state index contributed by atoms with van der Waals surface area (Å²) in [7, 11) is 2.25. The summed E-state index contributed by atoms with van der Waals surface area (Å²) >= 11 is 0. The maximum absolute atomic E-state index is 3.44. The summed E-state index contributed by atoms with van der Waals surface area (Å²) in [4.78, 5) is 5.91. The lowest BCUT2D eigenvalue weighted by Crippen LogP contribution is -2.15. The minimum atomic E-state index is 0.846. The molecule has 2 aromatic rings. The first kappa shape index (κ1) is 12.5. The van der Waals surface area contributed by atoms with Crippen molar-refractivity contribution in [3.05, 3.63) is 35.0 Å². The summed E-state index contributed by atoms with van der Waals surface area (Å²) in [6, 6.07) is 4.76. The first-order valence-corrected chi connectivity index (χ1v) is 8.00. The van der Waals surface area contributed by atoms with Crippen molar-refractivity contribution in [2.45, 2.75) is 38.5 Å². The largest absolute Gasteiger partial charge is 0.361 e. The molecule has 1 saturated carbocycles. The SMILES string of the molecule is Cc1cc(C2CC2)c(C[C@H]2CCN(C)C2)c2cc[nH]c12. The highest BCUT2D eigenvalue weighted by atomic mass is 15.1. The Balaban J connectivity index is 1.77. The molecule has 1 aliphatic carbocycles. The van der Waals surface area contributed by atoms with Crippen LogP contribution in [0.5, 0.6) is 0 Å². The highest BCUT2D eigenvalue weighted by Crippen LogP contribution is 2.45. The second-order valence-corrected chi connectivity index (χ2v) is 6.92. The molecule has 2 aliphatic rings. The molecule has 1 aliphatic heterocycles. The van der Waals surface area contributed by atoms with Gasteiger partial charge in [0.05, 0.1) is 0 Å². The van der Waals surface area contributed by atoms with E-state index in [1.54, 1.807) is 11.1 Å². The third-order valence-corrected chi connectivity index (χ3v) is 5.19. The third-order valence-electron chi connectivity index (χ3n) is 5.19. The van der Waals surface area contributed by atoms with Crippen molar-refractivity contribution in [1.29, 1.82) is 0 Å². The Morgan fingerprint density at radius 3 is 2.85 bits per heavy atom. The summed E-state index contributed by atoms with van der Waals surface area (Å²) in [5, 5.41) is 1.49. The lowest BCUT2D eigenvalue weighted by Gasteiger charge is -2.17. The fourth-order valence-corrected chi connectivity index (χ4v) is 3.96. The van der Waals surface area contributed by atoms with Crippen LogP contribution < -0.4 is 0 Å². The molecule has 0 bridgehead atoms. The second kappa shape index (κ2) is 4.63. The molecule has 0 radical (unpaired) electrons. The van der Waals surface area contributed by atoms with Gasteiger partial charge in [0, 0.05) is 23.6 Å². The molecule has 0 unspecified atom stereocenters. The topological polar surface area (TPSA) is 19.0 Å². The van der Waals surface area contributed by atoms with Crippen LogP contribution in [-0.4, -0.2) is 30.0 Å². The Morgan fingerprint density at radius 1 is 1.30 bits per heavy atom. The molecule has 106 valence electrons. The van der Waals surface area contributed by atoms with Crippen LogP contribution in [0.15, 0.2) is 18.3 Å². The van der Waals surface area contributed by atoms with Crippen LogP contribution in [0.2, 0.25) is 0 Å². The summed E-state index contributed by atoms with van der Waals surface area (Å²) in [5.74, 6) is 1.69. The van der Waals surface area contributed by atoms with Crippen molar-refractivity contribution >= 4 is 10.9 Å². The van der Waals surface area contributed by atoms with Crippen LogP contribution >= 0.6 is 0 Å². The Hall–Kier alpha value is -1.28. The van der Waals surface area contributed by atoms with Crippen LogP contribution in [0.4, 0.5) is 0 Å². The zero-order valence-corrected chi connectivity index (χ0v) is 12.6. The lowest BCUT2D eigenvalue weighted by atomic mass is 9.89. The van der Waals surface area contributed by atoms with Gasteiger partial charge in [-0.2, -0.15) is 0 Å². The number of H-pyrrole nitrogens is 1. The van der Waals surface area contributed by atoms with Gasteiger partial charge >= 0.3 is 0 Å². The molecule has 1 N–H and O–H groups in total. The van der Waals surface area contributed by atoms with E-state index in [0.717, 1.165) is 11.8 Å².